The van der Waals surface area contributed by atoms with Crippen LogP contribution in [0.25, 0.3) is 11.3 Å². The van der Waals surface area contributed by atoms with Crippen LogP contribution in [0.4, 0.5) is 4.39 Å². The Balaban J connectivity index is 2.52. The van der Waals surface area contributed by atoms with Crippen LogP contribution in [0.2, 0.25) is 0 Å². The fourth-order valence-electron chi connectivity index (χ4n) is 1.44. The van der Waals surface area contributed by atoms with Crippen LogP contribution >= 0.6 is 0 Å². The summed E-state index contributed by atoms with van der Waals surface area (Å²) in [6, 6.07) is 8.16. The van der Waals surface area contributed by atoms with Crippen molar-refractivity contribution >= 4 is 0 Å². The lowest BCUT2D eigenvalue weighted by Gasteiger charge is -2.08. The van der Waals surface area contributed by atoms with Crippen molar-refractivity contribution in [3.05, 3.63) is 42.4 Å². The largest absolute Gasteiger partial charge is 0.493 e. The van der Waals surface area contributed by atoms with E-state index in [9.17, 15) is 4.39 Å². The van der Waals surface area contributed by atoms with Crippen molar-refractivity contribution in [2.75, 3.05) is 6.61 Å². The normalized spacial score (nSPS) is 10.3. The quantitative estimate of drug-likeness (QED) is 0.767. The molecule has 15 heavy (non-hydrogen) atoms. The van der Waals surface area contributed by atoms with E-state index in [1.54, 1.807) is 24.3 Å². The first kappa shape index (κ1) is 9.77. The number of hydrogen-bond acceptors (Lipinski definition) is 2. The Morgan fingerprint density at radius 2 is 2.13 bits per heavy atom. The SMILES string of the molecule is CCOc1cccc(F)c1-c1ccco1. The van der Waals surface area contributed by atoms with Crippen LogP contribution in [0.3, 0.4) is 0 Å². The zero-order valence-corrected chi connectivity index (χ0v) is 8.37. The molecule has 2 rings (SSSR count). The van der Waals surface area contributed by atoms with Gasteiger partial charge in [0.2, 0.25) is 0 Å². The van der Waals surface area contributed by atoms with Crippen molar-refractivity contribution < 1.29 is 13.5 Å². The molecule has 2 aromatic rings. The van der Waals surface area contributed by atoms with Crippen molar-refractivity contribution in [2.24, 2.45) is 0 Å². The lowest BCUT2D eigenvalue weighted by atomic mass is 10.1. The number of hydrogen-bond donors (Lipinski definition) is 0. The van der Waals surface area contributed by atoms with Crippen molar-refractivity contribution in [1.29, 1.82) is 0 Å². The summed E-state index contributed by atoms with van der Waals surface area (Å²) in [5.74, 6) is 0.653. The summed E-state index contributed by atoms with van der Waals surface area (Å²) in [6.07, 6.45) is 1.51. The van der Waals surface area contributed by atoms with Gasteiger partial charge in [-0.25, -0.2) is 4.39 Å². The molecule has 0 atom stereocenters. The molecule has 1 aromatic carbocycles. The van der Waals surface area contributed by atoms with E-state index in [1.807, 2.05) is 6.92 Å². The van der Waals surface area contributed by atoms with Gasteiger partial charge in [-0.05, 0) is 31.2 Å². The fraction of sp³-hybridized carbons (Fsp3) is 0.167. The van der Waals surface area contributed by atoms with Crippen LogP contribution in [-0.4, -0.2) is 6.61 Å². The highest BCUT2D eigenvalue weighted by Crippen LogP contribution is 2.32. The lowest BCUT2D eigenvalue weighted by Crippen LogP contribution is -1.95. The van der Waals surface area contributed by atoms with Crippen LogP contribution in [-0.2, 0) is 0 Å². The van der Waals surface area contributed by atoms with Gasteiger partial charge in [-0.15, -0.1) is 0 Å². The van der Waals surface area contributed by atoms with Crippen molar-refractivity contribution in [1.82, 2.24) is 0 Å². The number of halogens is 1. The summed E-state index contributed by atoms with van der Waals surface area (Å²) in [6.45, 7) is 2.36. The first-order valence-electron chi connectivity index (χ1n) is 4.78. The molecule has 0 saturated carbocycles. The van der Waals surface area contributed by atoms with E-state index in [4.69, 9.17) is 9.15 Å². The topological polar surface area (TPSA) is 22.4 Å². The maximum atomic E-state index is 13.6. The van der Waals surface area contributed by atoms with Crippen LogP contribution in [0.1, 0.15) is 6.92 Å². The number of benzene rings is 1. The Labute approximate surface area is 87.3 Å². The van der Waals surface area contributed by atoms with Gasteiger partial charge in [0.25, 0.3) is 0 Å². The average Bonchev–Trinajstić information content (AvgIpc) is 2.71. The second-order valence-electron chi connectivity index (χ2n) is 3.02. The van der Waals surface area contributed by atoms with Crippen molar-refractivity contribution in [3.8, 4) is 17.1 Å². The van der Waals surface area contributed by atoms with Gasteiger partial charge < -0.3 is 9.15 Å². The Hall–Kier alpha value is -1.77. The molecule has 0 N–H and O–H groups in total. The zero-order valence-electron chi connectivity index (χ0n) is 8.37. The van der Waals surface area contributed by atoms with Gasteiger partial charge in [-0.1, -0.05) is 6.07 Å². The first-order chi connectivity index (χ1) is 7.33. The summed E-state index contributed by atoms with van der Waals surface area (Å²) in [5, 5.41) is 0. The molecule has 78 valence electrons. The molecule has 0 amide bonds. The molecule has 1 heterocycles. The highest BCUT2D eigenvalue weighted by molar-refractivity contribution is 5.66. The highest BCUT2D eigenvalue weighted by Gasteiger charge is 2.13. The Morgan fingerprint density at radius 3 is 2.80 bits per heavy atom. The Bertz CT molecular complexity index is 435. The molecule has 0 aliphatic carbocycles. The smallest absolute Gasteiger partial charge is 0.140 e. The van der Waals surface area contributed by atoms with Crippen LogP contribution in [0.5, 0.6) is 5.75 Å². The molecule has 0 fully saturated rings. The maximum Gasteiger partial charge on any atom is 0.140 e. The number of furan rings is 1. The average molecular weight is 206 g/mol. The summed E-state index contributed by atoms with van der Waals surface area (Å²) < 4.78 is 24.1. The standard InChI is InChI=1S/C12H11FO2/c1-2-14-10-6-3-5-9(13)12(10)11-7-4-8-15-11/h3-8H,2H2,1H3. The van der Waals surface area contributed by atoms with Gasteiger partial charge in [-0.3, -0.25) is 0 Å². The molecule has 0 spiro atoms. The molecule has 0 bridgehead atoms. The third kappa shape index (κ3) is 1.86. The molecule has 0 aliphatic heterocycles. The molecular formula is C12H11FO2. The molecule has 1 aromatic heterocycles. The second-order valence-corrected chi connectivity index (χ2v) is 3.02. The fourth-order valence-corrected chi connectivity index (χ4v) is 1.44. The van der Waals surface area contributed by atoms with E-state index in [-0.39, 0.29) is 5.82 Å². The Morgan fingerprint density at radius 1 is 1.27 bits per heavy atom. The molecule has 0 saturated heterocycles. The highest BCUT2D eigenvalue weighted by atomic mass is 19.1. The van der Waals surface area contributed by atoms with E-state index in [0.29, 0.717) is 23.7 Å². The summed E-state index contributed by atoms with van der Waals surface area (Å²) in [4.78, 5) is 0. The van der Waals surface area contributed by atoms with Crippen LogP contribution in [0, 0.1) is 5.82 Å². The van der Waals surface area contributed by atoms with Gasteiger partial charge >= 0.3 is 0 Å². The van der Waals surface area contributed by atoms with E-state index < -0.39 is 0 Å². The van der Waals surface area contributed by atoms with E-state index in [1.165, 1.54) is 12.3 Å². The second kappa shape index (κ2) is 4.17. The third-order valence-corrected chi connectivity index (χ3v) is 2.04. The van der Waals surface area contributed by atoms with E-state index in [2.05, 4.69) is 0 Å². The third-order valence-electron chi connectivity index (χ3n) is 2.04. The van der Waals surface area contributed by atoms with E-state index >= 15 is 0 Å². The predicted octanol–water partition coefficient (Wildman–Crippen LogP) is 3.48. The maximum absolute atomic E-state index is 13.6. The monoisotopic (exact) mass is 206 g/mol. The number of rotatable bonds is 3. The van der Waals surface area contributed by atoms with Gasteiger partial charge in [0.1, 0.15) is 17.3 Å². The Kier molecular flexibility index (Phi) is 2.72. The molecule has 0 unspecified atom stereocenters. The van der Waals surface area contributed by atoms with Gasteiger partial charge in [-0.2, -0.15) is 0 Å². The summed E-state index contributed by atoms with van der Waals surface area (Å²) in [7, 11) is 0. The molecule has 3 heteroatoms. The van der Waals surface area contributed by atoms with Crippen LogP contribution in [0.15, 0.2) is 41.0 Å². The molecule has 0 radical (unpaired) electrons. The zero-order chi connectivity index (χ0) is 10.7. The van der Waals surface area contributed by atoms with Crippen molar-refractivity contribution in [2.45, 2.75) is 6.92 Å². The minimum atomic E-state index is -0.337. The minimum absolute atomic E-state index is 0.337. The van der Waals surface area contributed by atoms with Gasteiger partial charge in [0.05, 0.1) is 18.4 Å². The summed E-state index contributed by atoms with van der Waals surface area (Å²) >= 11 is 0. The first-order valence-corrected chi connectivity index (χ1v) is 4.78. The van der Waals surface area contributed by atoms with E-state index in [0.717, 1.165) is 0 Å². The van der Waals surface area contributed by atoms with Crippen molar-refractivity contribution in [3.63, 3.8) is 0 Å². The lowest BCUT2D eigenvalue weighted by molar-refractivity contribution is 0.339. The van der Waals surface area contributed by atoms with Crippen LogP contribution < -0.4 is 4.74 Å². The molecular weight excluding hydrogens is 195 g/mol. The minimum Gasteiger partial charge on any atom is -0.493 e. The summed E-state index contributed by atoms with van der Waals surface area (Å²) in [5.41, 5.74) is 0.379. The van der Waals surface area contributed by atoms with Gasteiger partial charge in [0.15, 0.2) is 0 Å². The number of ether oxygens (including phenoxy) is 1. The molecule has 0 aliphatic rings. The van der Waals surface area contributed by atoms with Gasteiger partial charge in [0, 0.05) is 0 Å². The molecule has 2 nitrogen and oxygen atoms in total. The predicted molar refractivity (Wildman–Crippen MR) is 55.3 cm³/mol.